The molecular formula is C34H34Cl2F2N4O. The predicted molar refractivity (Wildman–Crippen MR) is 172 cm³/mol. The number of aromatic nitrogens is 2. The second-order valence-electron chi connectivity index (χ2n) is 10.6. The van der Waals surface area contributed by atoms with Crippen LogP contribution in [0.5, 0.6) is 0 Å². The number of amides is 1. The van der Waals surface area contributed by atoms with E-state index in [-0.39, 0.29) is 42.4 Å². The molecule has 6 rings (SSSR count). The van der Waals surface area contributed by atoms with Gasteiger partial charge in [0.25, 0.3) is 5.91 Å². The molecule has 0 spiro atoms. The van der Waals surface area contributed by atoms with Gasteiger partial charge in [-0.25, -0.2) is 8.78 Å². The lowest BCUT2D eigenvalue weighted by Crippen LogP contribution is -2.46. The SMILES string of the molecule is Cc1c(F)cccc1Cc1nccc2c(C(=O)N3CCNCC3)c(Cc3cccc(F)c3C)n(-c3ccccc3)c12.Cl.Cl. The van der Waals surface area contributed by atoms with Crippen LogP contribution in [0.1, 0.15) is 44.0 Å². The van der Waals surface area contributed by atoms with Crippen molar-refractivity contribution < 1.29 is 13.6 Å². The van der Waals surface area contributed by atoms with E-state index < -0.39 is 0 Å². The van der Waals surface area contributed by atoms with E-state index in [2.05, 4.69) is 9.88 Å². The third-order valence-corrected chi connectivity index (χ3v) is 8.16. The monoisotopic (exact) mass is 622 g/mol. The molecule has 5 aromatic rings. The van der Waals surface area contributed by atoms with E-state index in [1.807, 2.05) is 53.4 Å². The van der Waals surface area contributed by atoms with Crippen LogP contribution in [0.25, 0.3) is 16.6 Å². The maximum Gasteiger partial charge on any atom is 0.256 e. The fourth-order valence-corrected chi connectivity index (χ4v) is 5.82. The maximum atomic E-state index is 14.7. The lowest BCUT2D eigenvalue weighted by atomic mass is 9.99. The first-order chi connectivity index (χ1) is 19.9. The summed E-state index contributed by atoms with van der Waals surface area (Å²) in [7, 11) is 0. The number of nitrogens with one attached hydrogen (secondary N) is 1. The van der Waals surface area contributed by atoms with Crippen LogP contribution in [-0.4, -0.2) is 46.5 Å². The minimum Gasteiger partial charge on any atom is -0.336 e. The first-order valence-corrected chi connectivity index (χ1v) is 14.0. The quantitative estimate of drug-likeness (QED) is 0.222. The molecule has 0 atom stereocenters. The van der Waals surface area contributed by atoms with E-state index in [1.54, 1.807) is 32.2 Å². The Morgan fingerprint density at radius 3 is 2.05 bits per heavy atom. The fourth-order valence-electron chi connectivity index (χ4n) is 5.82. The Hall–Kier alpha value is -3.78. The number of nitrogens with zero attached hydrogens (tertiary/aromatic N) is 3. The van der Waals surface area contributed by atoms with Crippen molar-refractivity contribution in [2.45, 2.75) is 26.7 Å². The summed E-state index contributed by atoms with van der Waals surface area (Å²) >= 11 is 0. The number of benzene rings is 3. The van der Waals surface area contributed by atoms with Crippen LogP contribution in [0.4, 0.5) is 8.78 Å². The average molecular weight is 624 g/mol. The Bertz CT molecular complexity index is 1750. The molecule has 0 aliphatic carbocycles. The Morgan fingerprint density at radius 1 is 0.814 bits per heavy atom. The zero-order valence-corrected chi connectivity index (χ0v) is 25.7. The Morgan fingerprint density at radius 2 is 1.42 bits per heavy atom. The van der Waals surface area contributed by atoms with E-state index >= 15 is 0 Å². The van der Waals surface area contributed by atoms with Crippen molar-refractivity contribution in [3.8, 4) is 5.69 Å². The molecule has 1 amide bonds. The third-order valence-electron chi connectivity index (χ3n) is 8.16. The van der Waals surface area contributed by atoms with Gasteiger partial charge in [-0.15, -0.1) is 24.8 Å². The molecule has 3 aromatic carbocycles. The van der Waals surface area contributed by atoms with Crippen LogP contribution in [0.15, 0.2) is 79.0 Å². The van der Waals surface area contributed by atoms with E-state index in [1.165, 1.54) is 12.1 Å². The Kier molecular flexibility index (Phi) is 10.2. The van der Waals surface area contributed by atoms with E-state index in [4.69, 9.17) is 4.98 Å². The van der Waals surface area contributed by atoms with E-state index in [9.17, 15) is 13.6 Å². The molecule has 1 aliphatic heterocycles. The summed E-state index contributed by atoms with van der Waals surface area (Å²) in [5, 5.41) is 4.11. The summed E-state index contributed by atoms with van der Waals surface area (Å²) in [5.74, 6) is -0.580. The minimum absolute atomic E-state index is 0. The van der Waals surface area contributed by atoms with Gasteiger partial charge in [-0.2, -0.15) is 0 Å². The van der Waals surface area contributed by atoms with Crippen LogP contribution in [0, 0.1) is 25.5 Å². The zero-order chi connectivity index (χ0) is 28.5. The van der Waals surface area contributed by atoms with Crippen molar-refractivity contribution in [2.24, 2.45) is 0 Å². The second-order valence-corrected chi connectivity index (χ2v) is 10.6. The van der Waals surface area contributed by atoms with Gasteiger partial charge in [0.2, 0.25) is 0 Å². The van der Waals surface area contributed by atoms with Gasteiger partial charge in [-0.1, -0.05) is 42.5 Å². The Labute approximate surface area is 262 Å². The largest absolute Gasteiger partial charge is 0.336 e. The topological polar surface area (TPSA) is 50.2 Å². The van der Waals surface area contributed by atoms with E-state index in [0.717, 1.165) is 52.2 Å². The number of fused-ring (bicyclic) bond motifs is 1. The minimum atomic E-state index is -0.274. The molecule has 224 valence electrons. The summed E-state index contributed by atoms with van der Waals surface area (Å²) in [4.78, 5) is 21.0. The lowest BCUT2D eigenvalue weighted by molar-refractivity contribution is 0.0736. The highest BCUT2D eigenvalue weighted by molar-refractivity contribution is 6.09. The van der Waals surface area contributed by atoms with Gasteiger partial charge in [0, 0.05) is 62.0 Å². The van der Waals surface area contributed by atoms with E-state index in [0.29, 0.717) is 42.6 Å². The number of carbonyl (C=O) groups excluding carboxylic acids is 1. The number of hydrogen-bond acceptors (Lipinski definition) is 3. The standard InChI is InChI=1S/C34H32F2N4O.2ClH/c1-22-24(8-6-12-28(22)35)20-30-33-27(14-15-38-30)32(34(41)39-18-16-37-17-19-39)31(40(33)26-10-4-3-5-11-26)21-25-9-7-13-29(36)23(25)2;;/h3-15,37H,16-21H2,1-2H3;2*1H. The molecule has 1 N–H and O–H groups in total. The van der Waals surface area contributed by atoms with Crippen molar-refractivity contribution in [3.63, 3.8) is 0 Å². The smallest absolute Gasteiger partial charge is 0.256 e. The number of piperazine rings is 1. The van der Waals surface area contributed by atoms with Gasteiger partial charge in [-0.05, 0) is 66.4 Å². The molecule has 1 saturated heterocycles. The van der Waals surface area contributed by atoms with Crippen LogP contribution in [0.3, 0.4) is 0 Å². The molecule has 2 aromatic heterocycles. The van der Waals surface area contributed by atoms with Crippen molar-refractivity contribution in [3.05, 3.63) is 130 Å². The molecule has 9 heteroatoms. The third kappa shape index (κ3) is 6.16. The predicted octanol–water partition coefficient (Wildman–Crippen LogP) is 6.99. The molecule has 0 saturated carbocycles. The number of rotatable bonds is 6. The van der Waals surface area contributed by atoms with Crippen molar-refractivity contribution in [2.75, 3.05) is 26.2 Å². The summed E-state index contributed by atoms with van der Waals surface area (Å²) in [6, 6.07) is 22.0. The van der Waals surface area contributed by atoms with Gasteiger partial charge in [0.15, 0.2) is 0 Å². The normalized spacial score (nSPS) is 13.0. The van der Waals surface area contributed by atoms with Crippen molar-refractivity contribution >= 4 is 41.6 Å². The maximum absolute atomic E-state index is 14.7. The highest BCUT2D eigenvalue weighted by Gasteiger charge is 2.30. The van der Waals surface area contributed by atoms with Gasteiger partial charge in [-0.3, -0.25) is 9.78 Å². The molecule has 5 nitrogen and oxygen atoms in total. The molecule has 3 heterocycles. The van der Waals surface area contributed by atoms with Crippen LogP contribution >= 0.6 is 24.8 Å². The fraction of sp³-hybridized carbons (Fsp3) is 0.235. The second kappa shape index (κ2) is 13.7. The lowest BCUT2D eigenvalue weighted by Gasteiger charge is -2.28. The van der Waals surface area contributed by atoms with Crippen LogP contribution in [0.2, 0.25) is 0 Å². The van der Waals surface area contributed by atoms with Gasteiger partial charge >= 0.3 is 0 Å². The number of halogens is 4. The van der Waals surface area contributed by atoms with Gasteiger partial charge < -0.3 is 14.8 Å². The molecule has 43 heavy (non-hydrogen) atoms. The number of pyridine rings is 1. The zero-order valence-electron chi connectivity index (χ0n) is 24.1. The van der Waals surface area contributed by atoms with Crippen LogP contribution < -0.4 is 5.32 Å². The first kappa shape index (κ1) is 32.1. The molecular weight excluding hydrogens is 589 g/mol. The average Bonchev–Trinajstić information content (AvgIpc) is 3.33. The molecule has 0 unspecified atom stereocenters. The number of carbonyl (C=O) groups is 1. The Balaban J connectivity index is 0.00000212. The van der Waals surface area contributed by atoms with Crippen molar-refractivity contribution in [1.29, 1.82) is 0 Å². The highest BCUT2D eigenvalue weighted by Crippen LogP contribution is 2.35. The van der Waals surface area contributed by atoms with Crippen molar-refractivity contribution in [1.82, 2.24) is 19.8 Å². The summed E-state index contributed by atoms with van der Waals surface area (Å²) < 4.78 is 31.3. The van der Waals surface area contributed by atoms with Crippen LogP contribution in [-0.2, 0) is 12.8 Å². The molecule has 0 radical (unpaired) electrons. The number of hydrogen-bond donors (Lipinski definition) is 1. The summed E-state index contributed by atoms with van der Waals surface area (Å²) in [6.45, 7) is 6.22. The summed E-state index contributed by atoms with van der Waals surface area (Å²) in [5.41, 5.74) is 6.62. The van der Waals surface area contributed by atoms with Gasteiger partial charge in [0.1, 0.15) is 11.6 Å². The first-order valence-electron chi connectivity index (χ1n) is 14.0. The number of para-hydroxylation sites is 1. The highest BCUT2D eigenvalue weighted by atomic mass is 35.5. The summed E-state index contributed by atoms with van der Waals surface area (Å²) in [6.07, 6.45) is 2.49. The molecule has 0 bridgehead atoms. The van der Waals surface area contributed by atoms with Gasteiger partial charge in [0.05, 0.1) is 16.8 Å². The molecule has 1 aliphatic rings. The molecule has 1 fully saturated rings.